The number of nitriles is 1. The van der Waals surface area contributed by atoms with Crippen molar-refractivity contribution in [1.82, 2.24) is 9.97 Å². The van der Waals surface area contributed by atoms with E-state index in [-0.39, 0.29) is 0 Å². The third-order valence-electron chi connectivity index (χ3n) is 1.78. The maximum absolute atomic E-state index is 8.73. The summed E-state index contributed by atoms with van der Waals surface area (Å²) in [5.41, 5.74) is 0.848. The summed E-state index contributed by atoms with van der Waals surface area (Å²) >= 11 is 4.75. The lowest BCUT2D eigenvalue weighted by Crippen LogP contribution is -1.89. The molecular formula is C10H6BrN3S. The Hall–Kier alpha value is -1.25. The molecule has 0 atom stereocenters. The van der Waals surface area contributed by atoms with Gasteiger partial charge in [0.15, 0.2) is 0 Å². The number of aromatic nitrogens is 2. The molecule has 0 saturated heterocycles. The zero-order valence-electron chi connectivity index (χ0n) is 7.86. The van der Waals surface area contributed by atoms with Gasteiger partial charge in [0.2, 0.25) is 0 Å². The molecule has 0 spiro atoms. The predicted molar refractivity (Wildman–Crippen MR) is 62.5 cm³/mol. The standard InChI is InChI=1S/C10H6BrN3S/c1-6-13-8(4-10(11)14-6)9-3-2-7(5-12)15-9/h2-4H,1H3. The highest BCUT2D eigenvalue weighted by Gasteiger charge is 2.06. The predicted octanol–water partition coefficient (Wildman–Crippen LogP) is 3.15. The Morgan fingerprint density at radius 2 is 2.20 bits per heavy atom. The largest absolute Gasteiger partial charge is 0.232 e. The number of hydrogen-bond acceptors (Lipinski definition) is 4. The molecule has 0 saturated carbocycles. The van der Waals surface area contributed by atoms with Crippen LogP contribution in [-0.4, -0.2) is 9.97 Å². The summed E-state index contributed by atoms with van der Waals surface area (Å²) in [5, 5.41) is 8.73. The molecule has 3 nitrogen and oxygen atoms in total. The lowest BCUT2D eigenvalue weighted by Gasteiger charge is -1.98. The van der Waals surface area contributed by atoms with Crippen LogP contribution in [0.4, 0.5) is 0 Å². The van der Waals surface area contributed by atoms with Gasteiger partial charge in [0.1, 0.15) is 21.4 Å². The van der Waals surface area contributed by atoms with Crippen LogP contribution in [-0.2, 0) is 0 Å². The van der Waals surface area contributed by atoms with Crippen LogP contribution in [0.15, 0.2) is 22.8 Å². The molecule has 0 aliphatic carbocycles. The molecule has 0 fully saturated rings. The quantitative estimate of drug-likeness (QED) is 0.754. The van der Waals surface area contributed by atoms with Gasteiger partial charge in [0, 0.05) is 0 Å². The molecule has 2 aromatic rings. The maximum Gasteiger partial charge on any atom is 0.127 e. The Labute approximate surface area is 99.6 Å². The van der Waals surface area contributed by atoms with Crippen molar-refractivity contribution in [3.05, 3.63) is 33.5 Å². The normalized spacial score (nSPS) is 9.93. The molecule has 74 valence electrons. The van der Waals surface area contributed by atoms with E-state index in [2.05, 4.69) is 32.0 Å². The van der Waals surface area contributed by atoms with E-state index >= 15 is 0 Å². The van der Waals surface area contributed by atoms with Gasteiger partial charge in [0.25, 0.3) is 0 Å². The lowest BCUT2D eigenvalue weighted by molar-refractivity contribution is 1.04. The smallest absolute Gasteiger partial charge is 0.127 e. The van der Waals surface area contributed by atoms with Crippen LogP contribution in [0.1, 0.15) is 10.7 Å². The number of hydrogen-bond donors (Lipinski definition) is 0. The van der Waals surface area contributed by atoms with Crippen molar-refractivity contribution in [2.24, 2.45) is 0 Å². The fourth-order valence-corrected chi connectivity index (χ4v) is 2.43. The van der Waals surface area contributed by atoms with Crippen LogP contribution in [0, 0.1) is 18.3 Å². The van der Waals surface area contributed by atoms with E-state index in [0.717, 1.165) is 15.2 Å². The molecule has 0 aliphatic heterocycles. The van der Waals surface area contributed by atoms with Crippen LogP contribution in [0.2, 0.25) is 0 Å². The van der Waals surface area contributed by atoms with Crippen LogP contribution >= 0.6 is 27.3 Å². The average Bonchev–Trinajstić information content (AvgIpc) is 2.64. The first-order valence-corrected chi connectivity index (χ1v) is 5.81. The van der Waals surface area contributed by atoms with Crippen LogP contribution in [0.3, 0.4) is 0 Å². The molecule has 2 heterocycles. The number of halogens is 1. The molecule has 0 amide bonds. The molecule has 2 rings (SSSR count). The Balaban J connectivity index is 2.50. The highest BCUT2D eigenvalue weighted by Crippen LogP contribution is 2.27. The average molecular weight is 280 g/mol. The Bertz CT molecular complexity index is 522. The summed E-state index contributed by atoms with van der Waals surface area (Å²) in [4.78, 5) is 10.1. The summed E-state index contributed by atoms with van der Waals surface area (Å²) in [7, 11) is 0. The van der Waals surface area contributed by atoms with Crippen molar-refractivity contribution >= 4 is 27.3 Å². The van der Waals surface area contributed by atoms with E-state index in [0.29, 0.717) is 10.7 Å². The van der Waals surface area contributed by atoms with E-state index < -0.39 is 0 Å². The second-order valence-electron chi connectivity index (χ2n) is 2.90. The molecule has 0 aliphatic rings. The van der Waals surface area contributed by atoms with Gasteiger partial charge >= 0.3 is 0 Å². The van der Waals surface area contributed by atoms with Gasteiger partial charge < -0.3 is 0 Å². The Morgan fingerprint density at radius 1 is 1.40 bits per heavy atom. The SMILES string of the molecule is Cc1nc(Br)cc(-c2ccc(C#N)s2)n1. The summed E-state index contributed by atoms with van der Waals surface area (Å²) in [6, 6.07) is 7.65. The third kappa shape index (κ3) is 2.22. The second-order valence-corrected chi connectivity index (χ2v) is 4.80. The van der Waals surface area contributed by atoms with Crippen molar-refractivity contribution in [2.75, 3.05) is 0 Å². The summed E-state index contributed by atoms with van der Waals surface area (Å²) in [6.07, 6.45) is 0. The molecule has 0 unspecified atom stereocenters. The van der Waals surface area contributed by atoms with Gasteiger partial charge in [-0.15, -0.1) is 11.3 Å². The molecule has 0 N–H and O–H groups in total. The first-order chi connectivity index (χ1) is 7.19. The van der Waals surface area contributed by atoms with Gasteiger partial charge in [0.05, 0.1) is 10.6 Å². The van der Waals surface area contributed by atoms with E-state index in [1.807, 2.05) is 19.1 Å². The van der Waals surface area contributed by atoms with E-state index in [1.165, 1.54) is 11.3 Å². The van der Waals surface area contributed by atoms with E-state index in [1.54, 1.807) is 6.07 Å². The van der Waals surface area contributed by atoms with Gasteiger partial charge in [-0.2, -0.15) is 5.26 Å². The summed E-state index contributed by atoms with van der Waals surface area (Å²) in [5.74, 6) is 0.714. The van der Waals surface area contributed by atoms with Crippen molar-refractivity contribution in [1.29, 1.82) is 5.26 Å². The first-order valence-electron chi connectivity index (χ1n) is 4.20. The topological polar surface area (TPSA) is 49.6 Å². The van der Waals surface area contributed by atoms with Crippen molar-refractivity contribution < 1.29 is 0 Å². The minimum atomic E-state index is 0.692. The molecular weight excluding hydrogens is 274 g/mol. The minimum absolute atomic E-state index is 0.692. The fourth-order valence-electron chi connectivity index (χ4n) is 1.19. The monoisotopic (exact) mass is 279 g/mol. The highest BCUT2D eigenvalue weighted by atomic mass is 79.9. The minimum Gasteiger partial charge on any atom is -0.232 e. The summed E-state index contributed by atoms with van der Waals surface area (Å²) < 4.78 is 0.761. The van der Waals surface area contributed by atoms with Gasteiger partial charge in [-0.3, -0.25) is 0 Å². The molecule has 5 heteroatoms. The fraction of sp³-hybridized carbons (Fsp3) is 0.100. The molecule has 2 aromatic heterocycles. The first kappa shape index (κ1) is 10.3. The summed E-state index contributed by atoms with van der Waals surface area (Å²) in [6.45, 7) is 1.84. The van der Waals surface area contributed by atoms with Gasteiger partial charge in [-0.1, -0.05) is 0 Å². The zero-order valence-corrected chi connectivity index (χ0v) is 10.3. The molecule has 0 radical (unpaired) electrons. The Morgan fingerprint density at radius 3 is 2.80 bits per heavy atom. The van der Waals surface area contributed by atoms with Crippen LogP contribution in [0.25, 0.3) is 10.6 Å². The third-order valence-corrected chi connectivity index (χ3v) is 3.19. The number of thiophene rings is 1. The van der Waals surface area contributed by atoms with Crippen molar-refractivity contribution in [2.45, 2.75) is 6.92 Å². The van der Waals surface area contributed by atoms with Gasteiger partial charge in [-0.25, -0.2) is 9.97 Å². The molecule has 0 bridgehead atoms. The second kappa shape index (κ2) is 4.09. The number of rotatable bonds is 1. The van der Waals surface area contributed by atoms with Gasteiger partial charge in [-0.05, 0) is 41.1 Å². The molecule has 0 aromatic carbocycles. The van der Waals surface area contributed by atoms with E-state index in [4.69, 9.17) is 5.26 Å². The maximum atomic E-state index is 8.73. The Kier molecular flexibility index (Phi) is 2.80. The lowest BCUT2D eigenvalue weighted by atomic mass is 10.3. The highest BCUT2D eigenvalue weighted by molar-refractivity contribution is 9.10. The number of nitrogens with zero attached hydrogens (tertiary/aromatic N) is 3. The van der Waals surface area contributed by atoms with Crippen molar-refractivity contribution in [3.63, 3.8) is 0 Å². The van der Waals surface area contributed by atoms with Crippen LogP contribution < -0.4 is 0 Å². The molecule has 15 heavy (non-hydrogen) atoms. The van der Waals surface area contributed by atoms with Crippen molar-refractivity contribution in [3.8, 4) is 16.6 Å². The number of aryl methyl sites for hydroxylation is 1. The zero-order chi connectivity index (χ0) is 10.8. The van der Waals surface area contributed by atoms with Crippen LogP contribution in [0.5, 0.6) is 0 Å². The van der Waals surface area contributed by atoms with E-state index in [9.17, 15) is 0 Å².